The van der Waals surface area contributed by atoms with Gasteiger partial charge in [-0.25, -0.2) is 32.3 Å². The normalized spacial score (nSPS) is 17.2. The molecule has 1 aromatic heterocycles. The van der Waals surface area contributed by atoms with Crippen molar-refractivity contribution in [3.63, 3.8) is 0 Å². The molecular formula is C23H30FN5O5S. The molecule has 1 amide bonds. The molecule has 0 unspecified atom stereocenters. The Morgan fingerprint density at radius 2 is 1.86 bits per heavy atom. The average molecular weight is 508 g/mol. The van der Waals surface area contributed by atoms with E-state index in [1.165, 1.54) is 18.6 Å². The van der Waals surface area contributed by atoms with E-state index in [1.807, 2.05) is 25.7 Å². The molecular weight excluding hydrogens is 477 g/mol. The maximum atomic E-state index is 13.9. The summed E-state index contributed by atoms with van der Waals surface area (Å²) < 4.78 is 53.2. The van der Waals surface area contributed by atoms with Crippen molar-refractivity contribution in [2.24, 2.45) is 5.41 Å². The van der Waals surface area contributed by atoms with E-state index in [9.17, 15) is 17.6 Å². The van der Waals surface area contributed by atoms with Crippen molar-refractivity contribution in [2.75, 3.05) is 31.1 Å². The van der Waals surface area contributed by atoms with Crippen LogP contribution in [-0.2, 0) is 14.8 Å². The predicted molar refractivity (Wildman–Crippen MR) is 126 cm³/mol. The molecule has 35 heavy (non-hydrogen) atoms. The summed E-state index contributed by atoms with van der Waals surface area (Å²) in [5.74, 6) is 0.00455. The van der Waals surface area contributed by atoms with Gasteiger partial charge in [0.1, 0.15) is 28.4 Å². The highest BCUT2D eigenvalue weighted by molar-refractivity contribution is 7.89. The lowest BCUT2D eigenvalue weighted by Crippen LogP contribution is -2.73. The molecule has 0 saturated carbocycles. The molecule has 10 nitrogen and oxygen atoms in total. The molecule has 2 aliphatic rings. The third kappa shape index (κ3) is 5.48. The molecule has 2 aliphatic heterocycles. The molecule has 1 aromatic carbocycles. The summed E-state index contributed by atoms with van der Waals surface area (Å²) >= 11 is 0. The van der Waals surface area contributed by atoms with E-state index >= 15 is 0 Å². The Balaban J connectivity index is 1.48. The van der Waals surface area contributed by atoms with Gasteiger partial charge >= 0.3 is 6.09 Å². The number of aromatic nitrogens is 2. The molecule has 12 heteroatoms. The Hall–Kier alpha value is -2.99. The van der Waals surface area contributed by atoms with Crippen molar-refractivity contribution >= 4 is 21.9 Å². The summed E-state index contributed by atoms with van der Waals surface area (Å²) in [5, 5.41) is 0. The van der Waals surface area contributed by atoms with E-state index in [2.05, 4.69) is 14.7 Å². The maximum absolute atomic E-state index is 13.9. The van der Waals surface area contributed by atoms with Gasteiger partial charge in [-0.15, -0.1) is 0 Å². The number of likely N-dealkylation sites (tertiary alicyclic amines) is 1. The molecule has 0 atom stereocenters. The summed E-state index contributed by atoms with van der Waals surface area (Å²) in [4.78, 5) is 23.9. The number of anilines is 1. The average Bonchev–Trinajstić information content (AvgIpc) is 2.66. The molecule has 0 bridgehead atoms. The molecule has 2 aromatic rings. The number of benzene rings is 1. The zero-order valence-electron chi connectivity index (χ0n) is 20.4. The molecule has 1 N–H and O–H groups in total. The lowest BCUT2D eigenvalue weighted by atomic mass is 9.73. The van der Waals surface area contributed by atoms with Gasteiger partial charge in [0.15, 0.2) is 11.6 Å². The van der Waals surface area contributed by atoms with Gasteiger partial charge in [-0.2, -0.15) is 0 Å². The number of carbonyl (C=O) groups excluding carboxylic acids is 1. The number of hydrogen-bond donors (Lipinski definition) is 1. The first kappa shape index (κ1) is 25.1. The van der Waals surface area contributed by atoms with Gasteiger partial charge in [0.05, 0.1) is 6.20 Å². The number of sulfonamides is 1. The van der Waals surface area contributed by atoms with Crippen molar-refractivity contribution in [1.82, 2.24) is 19.6 Å². The second-order valence-corrected chi connectivity index (χ2v) is 12.1. The van der Waals surface area contributed by atoms with Crippen molar-refractivity contribution in [3.05, 3.63) is 36.5 Å². The third-order valence-electron chi connectivity index (χ3n) is 5.52. The van der Waals surface area contributed by atoms with Gasteiger partial charge in [-0.05, 0) is 52.8 Å². The summed E-state index contributed by atoms with van der Waals surface area (Å²) in [7, 11) is -4.02. The van der Waals surface area contributed by atoms with Crippen LogP contribution in [-0.4, -0.2) is 67.2 Å². The fraction of sp³-hybridized carbons (Fsp3) is 0.522. The van der Waals surface area contributed by atoms with Gasteiger partial charge in [0.25, 0.3) is 0 Å². The third-order valence-corrected chi connectivity index (χ3v) is 7.20. The monoisotopic (exact) mass is 507 g/mol. The lowest BCUT2D eigenvalue weighted by Gasteiger charge is -2.60. The number of nitrogens with one attached hydrogen (secondary N) is 1. The Bertz CT molecular complexity index is 1220. The fourth-order valence-electron chi connectivity index (χ4n) is 4.22. The molecule has 0 radical (unpaired) electrons. The highest BCUT2D eigenvalue weighted by Crippen LogP contribution is 2.44. The summed E-state index contributed by atoms with van der Waals surface area (Å²) in [6.45, 7) is 11.3. The molecule has 190 valence electrons. The van der Waals surface area contributed by atoms with E-state index in [4.69, 9.17) is 9.47 Å². The summed E-state index contributed by atoms with van der Waals surface area (Å²) in [5.41, 5.74) is -0.596. The van der Waals surface area contributed by atoms with Crippen LogP contribution in [0.1, 0.15) is 34.6 Å². The number of ether oxygens (including phenoxy) is 2. The molecule has 3 heterocycles. The van der Waals surface area contributed by atoms with Crippen LogP contribution in [0.3, 0.4) is 0 Å². The van der Waals surface area contributed by atoms with Gasteiger partial charge in [0, 0.05) is 37.6 Å². The quantitative estimate of drug-likeness (QED) is 0.634. The van der Waals surface area contributed by atoms with Crippen molar-refractivity contribution in [2.45, 2.75) is 51.2 Å². The minimum Gasteiger partial charge on any atom is -0.450 e. The van der Waals surface area contributed by atoms with Crippen LogP contribution in [0.25, 0.3) is 0 Å². The Labute approximate surface area is 204 Å². The van der Waals surface area contributed by atoms with E-state index in [-0.39, 0.29) is 33.9 Å². The van der Waals surface area contributed by atoms with Crippen molar-refractivity contribution in [3.8, 4) is 11.5 Å². The highest BCUT2D eigenvalue weighted by Gasteiger charge is 2.54. The smallest absolute Gasteiger partial charge is 0.410 e. The Kier molecular flexibility index (Phi) is 6.39. The fourth-order valence-corrected chi connectivity index (χ4v) is 5.61. The maximum Gasteiger partial charge on any atom is 0.410 e. The molecule has 1 spiro atoms. The number of halogens is 1. The first-order valence-electron chi connectivity index (χ1n) is 11.3. The predicted octanol–water partition coefficient (Wildman–Crippen LogP) is 3.15. The molecule has 0 aliphatic carbocycles. The van der Waals surface area contributed by atoms with Crippen LogP contribution in [0, 0.1) is 11.2 Å². The number of amides is 1. The highest BCUT2D eigenvalue weighted by atomic mass is 32.2. The number of rotatable bonds is 6. The summed E-state index contributed by atoms with van der Waals surface area (Å²) in [6, 6.07) is 2.93. The van der Waals surface area contributed by atoms with Crippen LogP contribution in [0.4, 0.5) is 15.0 Å². The Morgan fingerprint density at radius 1 is 1.17 bits per heavy atom. The van der Waals surface area contributed by atoms with Crippen LogP contribution < -0.4 is 14.4 Å². The number of nitrogens with zero attached hydrogens (tertiary/aromatic N) is 4. The van der Waals surface area contributed by atoms with Gasteiger partial charge in [-0.1, -0.05) is 0 Å². The van der Waals surface area contributed by atoms with Crippen LogP contribution >= 0.6 is 0 Å². The van der Waals surface area contributed by atoms with Crippen LogP contribution in [0.15, 0.2) is 35.6 Å². The van der Waals surface area contributed by atoms with E-state index in [0.717, 1.165) is 12.1 Å². The van der Waals surface area contributed by atoms with E-state index in [0.29, 0.717) is 32.0 Å². The van der Waals surface area contributed by atoms with E-state index < -0.39 is 21.4 Å². The van der Waals surface area contributed by atoms with Gasteiger partial charge in [0.2, 0.25) is 10.0 Å². The first-order chi connectivity index (χ1) is 16.3. The Morgan fingerprint density at radius 3 is 2.49 bits per heavy atom. The molecule has 2 fully saturated rings. The zero-order valence-corrected chi connectivity index (χ0v) is 21.2. The second kappa shape index (κ2) is 8.90. The van der Waals surface area contributed by atoms with E-state index in [1.54, 1.807) is 18.7 Å². The number of hydrogen-bond acceptors (Lipinski definition) is 8. The van der Waals surface area contributed by atoms with Crippen molar-refractivity contribution in [1.29, 1.82) is 0 Å². The van der Waals surface area contributed by atoms with Crippen LogP contribution in [0.5, 0.6) is 11.5 Å². The van der Waals surface area contributed by atoms with Gasteiger partial charge in [-0.3, -0.25) is 0 Å². The first-order valence-corrected chi connectivity index (χ1v) is 12.8. The van der Waals surface area contributed by atoms with Crippen LogP contribution in [0.2, 0.25) is 0 Å². The number of carbonyl (C=O) groups is 1. The minimum absolute atomic E-state index is 0.0365. The lowest BCUT2D eigenvalue weighted by molar-refractivity contribution is -0.0455. The zero-order chi connectivity index (χ0) is 25.6. The molecule has 2 saturated heterocycles. The topological polar surface area (TPSA) is 114 Å². The largest absolute Gasteiger partial charge is 0.450 e. The standard InChI is InChI=1S/C23H30FN5O5S/c1-15(2)27-35(31,32)19-8-16(24)6-7-17(19)33-18-9-25-14-26-20(18)28-10-23(11-28)12-29(13-23)21(30)34-22(3,4)5/h6-9,14-15,27H,10-13H2,1-5H3. The summed E-state index contributed by atoms with van der Waals surface area (Å²) in [6.07, 6.45) is 2.49. The molecule has 4 rings (SSSR count). The van der Waals surface area contributed by atoms with Gasteiger partial charge < -0.3 is 19.3 Å². The minimum atomic E-state index is -4.02. The SMILES string of the molecule is CC(C)NS(=O)(=O)c1cc(F)ccc1Oc1cncnc1N1CC2(CN(C(=O)OC(C)(C)C)C2)C1. The van der Waals surface area contributed by atoms with Crippen molar-refractivity contribution < 1.29 is 27.1 Å². The second-order valence-electron chi connectivity index (χ2n) is 10.4.